The highest BCUT2D eigenvalue weighted by Crippen LogP contribution is 2.31. The second-order valence-electron chi connectivity index (χ2n) is 9.02. The Morgan fingerprint density at radius 2 is 1.59 bits per heavy atom. The zero-order valence-electron chi connectivity index (χ0n) is 20.2. The summed E-state index contributed by atoms with van der Waals surface area (Å²) in [6, 6.07) is 27.1. The van der Waals surface area contributed by atoms with Crippen LogP contribution in [0.15, 0.2) is 90.1 Å². The van der Waals surface area contributed by atoms with Gasteiger partial charge in [0.25, 0.3) is 0 Å². The second-order valence-corrected chi connectivity index (χ2v) is 10.0. The van der Waals surface area contributed by atoms with Crippen molar-refractivity contribution in [2.24, 2.45) is 0 Å². The fraction of sp³-hybridized carbons (Fsp3) is 0.241. The SMILES string of the molecule is CCOc1ccc(-n2c(SCC=Cc3ccccc3)nnc2-c2ccc(C(C)(C)C)cc2)cc1. The number of thioether (sulfide) groups is 1. The Kier molecular flexibility index (Phi) is 7.53. The summed E-state index contributed by atoms with van der Waals surface area (Å²) >= 11 is 1.67. The van der Waals surface area contributed by atoms with E-state index in [0.29, 0.717) is 6.61 Å². The first-order chi connectivity index (χ1) is 16.5. The average Bonchev–Trinajstić information content (AvgIpc) is 3.27. The summed E-state index contributed by atoms with van der Waals surface area (Å²) in [6.45, 7) is 9.31. The number of hydrogen-bond donors (Lipinski definition) is 0. The van der Waals surface area contributed by atoms with Gasteiger partial charge in [-0.15, -0.1) is 10.2 Å². The van der Waals surface area contributed by atoms with Crippen molar-refractivity contribution in [1.82, 2.24) is 14.8 Å². The van der Waals surface area contributed by atoms with E-state index in [0.717, 1.165) is 33.7 Å². The van der Waals surface area contributed by atoms with Crippen molar-refractivity contribution >= 4 is 17.8 Å². The molecule has 4 aromatic rings. The summed E-state index contributed by atoms with van der Waals surface area (Å²) in [4.78, 5) is 0. The summed E-state index contributed by atoms with van der Waals surface area (Å²) in [7, 11) is 0. The van der Waals surface area contributed by atoms with E-state index in [1.165, 1.54) is 11.1 Å². The van der Waals surface area contributed by atoms with Crippen LogP contribution in [0.4, 0.5) is 0 Å². The molecule has 0 aliphatic rings. The van der Waals surface area contributed by atoms with Crippen molar-refractivity contribution in [3.8, 4) is 22.8 Å². The zero-order valence-corrected chi connectivity index (χ0v) is 21.0. The maximum absolute atomic E-state index is 5.63. The largest absolute Gasteiger partial charge is 0.494 e. The summed E-state index contributed by atoms with van der Waals surface area (Å²) < 4.78 is 7.76. The van der Waals surface area contributed by atoms with Gasteiger partial charge < -0.3 is 4.74 Å². The van der Waals surface area contributed by atoms with E-state index >= 15 is 0 Å². The Hall–Kier alpha value is -3.31. The Labute approximate surface area is 206 Å². The standard InChI is InChI=1S/C29H31N3OS/c1-5-33-26-19-17-25(18-20-26)32-27(23-13-15-24(16-14-23)29(2,3)4)30-31-28(32)34-21-9-12-22-10-7-6-8-11-22/h6-20H,5,21H2,1-4H3. The van der Waals surface area contributed by atoms with Gasteiger partial charge in [0.1, 0.15) is 5.75 Å². The van der Waals surface area contributed by atoms with E-state index in [1.54, 1.807) is 11.8 Å². The Morgan fingerprint density at radius 3 is 2.24 bits per heavy atom. The van der Waals surface area contributed by atoms with Gasteiger partial charge in [-0.2, -0.15) is 0 Å². The molecule has 0 saturated carbocycles. The summed E-state index contributed by atoms with van der Waals surface area (Å²) in [5.74, 6) is 2.49. The summed E-state index contributed by atoms with van der Waals surface area (Å²) in [6.07, 6.45) is 4.30. The molecule has 34 heavy (non-hydrogen) atoms. The number of hydrogen-bond acceptors (Lipinski definition) is 4. The lowest BCUT2D eigenvalue weighted by atomic mass is 9.87. The molecule has 0 amide bonds. The predicted molar refractivity (Wildman–Crippen MR) is 143 cm³/mol. The first-order valence-corrected chi connectivity index (χ1v) is 12.6. The molecule has 1 aromatic heterocycles. The lowest BCUT2D eigenvalue weighted by Crippen LogP contribution is -2.10. The smallest absolute Gasteiger partial charge is 0.196 e. The summed E-state index contributed by atoms with van der Waals surface area (Å²) in [5, 5.41) is 10.00. The third-order valence-corrected chi connectivity index (χ3v) is 6.35. The van der Waals surface area contributed by atoms with E-state index in [1.807, 2.05) is 37.3 Å². The lowest BCUT2D eigenvalue weighted by Gasteiger charge is -2.19. The molecule has 4 rings (SSSR count). The van der Waals surface area contributed by atoms with Gasteiger partial charge >= 0.3 is 0 Å². The molecule has 1 heterocycles. The van der Waals surface area contributed by atoms with E-state index < -0.39 is 0 Å². The zero-order chi connectivity index (χ0) is 24.0. The first kappa shape index (κ1) is 23.8. The van der Waals surface area contributed by atoms with Gasteiger partial charge in [-0.25, -0.2) is 0 Å². The molecule has 0 unspecified atom stereocenters. The van der Waals surface area contributed by atoms with Gasteiger partial charge in [-0.1, -0.05) is 99.3 Å². The maximum atomic E-state index is 5.63. The topological polar surface area (TPSA) is 39.9 Å². The minimum atomic E-state index is 0.105. The number of nitrogens with zero attached hydrogens (tertiary/aromatic N) is 3. The van der Waals surface area contributed by atoms with Crippen LogP contribution in [-0.4, -0.2) is 27.1 Å². The maximum Gasteiger partial charge on any atom is 0.196 e. The van der Waals surface area contributed by atoms with Gasteiger partial charge in [-0.05, 0) is 47.7 Å². The van der Waals surface area contributed by atoms with Crippen LogP contribution in [0.1, 0.15) is 38.8 Å². The van der Waals surface area contributed by atoms with Crippen LogP contribution in [0, 0.1) is 0 Å². The molecule has 0 radical (unpaired) electrons. The van der Waals surface area contributed by atoms with Gasteiger partial charge in [0.05, 0.1) is 6.61 Å². The van der Waals surface area contributed by atoms with Crippen molar-refractivity contribution in [2.75, 3.05) is 12.4 Å². The van der Waals surface area contributed by atoms with Crippen molar-refractivity contribution < 1.29 is 4.74 Å². The number of ether oxygens (including phenoxy) is 1. The van der Waals surface area contributed by atoms with Crippen LogP contribution in [0.5, 0.6) is 5.75 Å². The summed E-state index contributed by atoms with van der Waals surface area (Å²) in [5.41, 5.74) is 4.65. The molecule has 0 atom stereocenters. The molecule has 0 aliphatic heterocycles. The monoisotopic (exact) mass is 469 g/mol. The van der Waals surface area contributed by atoms with Crippen molar-refractivity contribution in [2.45, 2.75) is 38.3 Å². The van der Waals surface area contributed by atoms with Gasteiger partial charge in [0.2, 0.25) is 0 Å². The predicted octanol–water partition coefficient (Wildman–Crippen LogP) is 7.44. The highest BCUT2D eigenvalue weighted by Gasteiger charge is 2.18. The van der Waals surface area contributed by atoms with Crippen LogP contribution in [0.25, 0.3) is 23.2 Å². The van der Waals surface area contributed by atoms with Crippen LogP contribution in [0.3, 0.4) is 0 Å². The third kappa shape index (κ3) is 5.78. The normalized spacial score (nSPS) is 11.8. The van der Waals surface area contributed by atoms with E-state index in [9.17, 15) is 0 Å². The van der Waals surface area contributed by atoms with Crippen molar-refractivity contribution in [3.05, 3.63) is 96.1 Å². The van der Waals surface area contributed by atoms with Crippen molar-refractivity contribution in [3.63, 3.8) is 0 Å². The Balaban J connectivity index is 1.64. The molecular weight excluding hydrogens is 438 g/mol. The minimum absolute atomic E-state index is 0.105. The quantitative estimate of drug-likeness (QED) is 0.251. The van der Waals surface area contributed by atoms with Crippen LogP contribution < -0.4 is 4.74 Å². The molecule has 0 N–H and O–H groups in total. The molecule has 0 fully saturated rings. The number of aromatic nitrogens is 3. The van der Waals surface area contributed by atoms with Crippen molar-refractivity contribution in [1.29, 1.82) is 0 Å². The van der Waals surface area contributed by atoms with Crippen LogP contribution in [-0.2, 0) is 5.41 Å². The highest BCUT2D eigenvalue weighted by atomic mass is 32.2. The molecule has 0 bridgehead atoms. The first-order valence-electron chi connectivity index (χ1n) is 11.6. The minimum Gasteiger partial charge on any atom is -0.494 e. The molecule has 0 saturated heterocycles. The Bertz CT molecular complexity index is 1220. The molecular formula is C29H31N3OS. The Morgan fingerprint density at radius 1 is 0.882 bits per heavy atom. The molecule has 0 spiro atoms. The average molecular weight is 470 g/mol. The number of benzene rings is 3. The van der Waals surface area contributed by atoms with Gasteiger partial charge in [-0.3, -0.25) is 4.57 Å². The molecule has 5 heteroatoms. The van der Waals surface area contributed by atoms with Gasteiger partial charge in [0.15, 0.2) is 11.0 Å². The van der Waals surface area contributed by atoms with Gasteiger partial charge in [0, 0.05) is 17.0 Å². The van der Waals surface area contributed by atoms with E-state index in [-0.39, 0.29) is 5.41 Å². The molecule has 174 valence electrons. The third-order valence-electron chi connectivity index (χ3n) is 5.47. The molecule has 0 aliphatic carbocycles. The highest BCUT2D eigenvalue weighted by molar-refractivity contribution is 7.99. The van der Waals surface area contributed by atoms with Crippen LogP contribution >= 0.6 is 11.8 Å². The number of rotatable bonds is 8. The second kappa shape index (κ2) is 10.7. The van der Waals surface area contributed by atoms with E-state index in [4.69, 9.17) is 4.74 Å². The molecule has 3 aromatic carbocycles. The lowest BCUT2D eigenvalue weighted by molar-refractivity contribution is 0.340. The van der Waals surface area contributed by atoms with E-state index in [2.05, 4.69) is 96.2 Å². The fourth-order valence-electron chi connectivity index (χ4n) is 3.63. The van der Waals surface area contributed by atoms with Crippen LogP contribution in [0.2, 0.25) is 0 Å². The fourth-order valence-corrected chi connectivity index (χ4v) is 4.39. The molecule has 4 nitrogen and oxygen atoms in total.